The number of nitrogens with one attached hydrogen (secondary N) is 2. The highest BCUT2D eigenvalue weighted by atomic mass is 16.1. The van der Waals surface area contributed by atoms with Crippen molar-refractivity contribution in [1.82, 2.24) is 19.5 Å². The number of benzene rings is 2. The monoisotopic (exact) mass is 524 g/mol. The zero-order valence-corrected chi connectivity index (χ0v) is 22.7. The van der Waals surface area contributed by atoms with Gasteiger partial charge in [0.15, 0.2) is 11.5 Å². The Labute approximate surface area is 229 Å². The summed E-state index contributed by atoms with van der Waals surface area (Å²) in [5.41, 5.74) is 5.06. The number of aromatic amines is 1. The van der Waals surface area contributed by atoms with E-state index in [2.05, 4.69) is 62.1 Å². The Bertz CT molecular complexity index is 1500. The highest BCUT2D eigenvalue weighted by molar-refractivity contribution is 5.90. The molecule has 1 atom stereocenters. The SMILES string of the molecule is CCCC[C@H](CC)Cn1c(=O)[nH]c2cc(Nc3ccccc3)c(N3CCN(c4nccnc4C#N)CC3)cc21. The number of fused-ring (bicyclic) bond motifs is 1. The fourth-order valence-electron chi connectivity index (χ4n) is 5.39. The van der Waals surface area contributed by atoms with E-state index >= 15 is 0 Å². The third kappa shape index (κ3) is 5.75. The first-order valence-electron chi connectivity index (χ1n) is 13.9. The van der Waals surface area contributed by atoms with Crippen LogP contribution in [0.5, 0.6) is 0 Å². The minimum absolute atomic E-state index is 0.0562. The highest BCUT2D eigenvalue weighted by Crippen LogP contribution is 2.34. The van der Waals surface area contributed by atoms with Crippen molar-refractivity contribution in [2.24, 2.45) is 5.92 Å². The van der Waals surface area contributed by atoms with E-state index in [1.54, 1.807) is 12.4 Å². The second-order valence-corrected chi connectivity index (χ2v) is 10.1. The zero-order valence-electron chi connectivity index (χ0n) is 22.7. The molecule has 4 aromatic rings. The smallest absolute Gasteiger partial charge is 0.326 e. The summed E-state index contributed by atoms with van der Waals surface area (Å²) in [5.74, 6) is 1.10. The Morgan fingerprint density at radius 1 is 1.05 bits per heavy atom. The van der Waals surface area contributed by atoms with Gasteiger partial charge in [-0.05, 0) is 36.6 Å². The highest BCUT2D eigenvalue weighted by Gasteiger charge is 2.24. The predicted molar refractivity (Wildman–Crippen MR) is 157 cm³/mol. The summed E-state index contributed by atoms with van der Waals surface area (Å²) < 4.78 is 1.92. The third-order valence-corrected chi connectivity index (χ3v) is 7.63. The lowest BCUT2D eigenvalue weighted by Crippen LogP contribution is -2.47. The van der Waals surface area contributed by atoms with Gasteiger partial charge in [-0.1, -0.05) is 51.3 Å². The number of piperazine rings is 1. The number of aromatic nitrogens is 4. The molecule has 0 bridgehead atoms. The van der Waals surface area contributed by atoms with Crippen LogP contribution in [0.2, 0.25) is 0 Å². The van der Waals surface area contributed by atoms with E-state index in [4.69, 9.17) is 0 Å². The van der Waals surface area contributed by atoms with E-state index in [1.807, 2.05) is 34.9 Å². The number of anilines is 4. The van der Waals surface area contributed by atoms with Crippen LogP contribution in [0.4, 0.5) is 22.9 Å². The average Bonchev–Trinajstić information content (AvgIpc) is 3.28. The van der Waals surface area contributed by atoms with E-state index in [9.17, 15) is 10.1 Å². The van der Waals surface area contributed by atoms with Crippen LogP contribution in [0.3, 0.4) is 0 Å². The first kappa shape index (κ1) is 26.3. The average molecular weight is 525 g/mol. The molecule has 9 heteroatoms. The number of unbranched alkanes of at least 4 members (excludes halogenated alkanes) is 1. The van der Waals surface area contributed by atoms with Crippen LogP contribution in [-0.4, -0.2) is 45.7 Å². The van der Waals surface area contributed by atoms with Crippen molar-refractivity contribution in [2.75, 3.05) is 41.3 Å². The quantitative estimate of drug-likeness (QED) is 0.291. The molecule has 1 aliphatic rings. The van der Waals surface area contributed by atoms with Crippen LogP contribution >= 0.6 is 0 Å². The summed E-state index contributed by atoms with van der Waals surface area (Å²) in [4.78, 5) is 29.3. The van der Waals surface area contributed by atoms with Crippen molar-refractivity contribution < 1.29 is 0 Å². The fraction of sp³-hybridized carbons (Fsp3) is 0.400. The van der Waals surface area contributed by atoms with Gasteiger partial charge in [-0.15, -0.1) is 0 Å². The van der Waals surface area contributed by atoms with Gasteiger partial charge in [0.05, 0.1) is 22.4 Å². The number of imidazole rings is 1. The van der Waals surface area contributed by atoms with E-state index in [0.29, 0.717) is 30.5 Å². The second-order valence-electron chi connectivity index (χ2n) is 10.1. The molecule has 0 amide bonds. The summed E-state index contributed by atoms with van der Waals surface area (Å²) in [5, 5.41) is 13.1. The lowest BCUT2D eigenvalue weighted by Gasteiger charge is -2.37. The maximum Gasteiger partial charge on any atom is 0.326 e. The maximum absolute atomic E-state index is 13.1. The largest absolute Gasteiger partial charge is 0.366 e. The van der Waals surface area contributed by atoms with Crippen LogP contribution in [0.25, 0.3) is 11.0 Å². The van der Waals surface area contributed by atoms with Gasteiger partial charge >= 0.3 is 5.69 Å². The molecule has 3 heterocycles. The lowest BCUT2D eigenvalue weighted by molar-refractivity contribution is 0.391. The molecular formula is C30H36N8O. The molecule has 1 fully saturated rings. The molecule has 0 spiro atoms. The van der Waals surface area contributed by atoms with Crippen molar-refractivity contribution in [2.45, 2.75) is 46.1 Å². The van der Waals surface area contributed by atoms with Crippen LogP contribution in [0, 0.1) is 17.2 Å². The second kappa shape index (κ2) is 12.0. The van der Waals surface area contributed by atoms with Gasteiger partial charge in [0.2, 0.25) is 0 Å². The first-order valence-corrected chi connectivity index (χ1v) is 13.9. The van der Waals surface area contributed by atoms with Gasteiger partial charge < -0.3 is 20.1 Å². The molecule has 0 unspecified atom stereocenters. The lowest BCUT2D eigenvalue weighted by atomic mass is 9.99. The van der Waals surface area contributed by atoms with Gasteiger partial charge in [-0.3, -0.25) is 4.57 Å². The molecular weight excluding hydrogens is 488 g/mol. The molecule has 5 rings (SSSR count). The van der Waals surface area contributed by atoms with Gasteiger partial charge in [0.1, 0.15) is 6.07 Å². The van der Waals surface area contributed by atoms with Crippen LogP contribution < -0.4 is 20.8 Å². The standard InChI is InChI=1S/C30H36N8O/c1-3-5-9-22(4-2)21-38-28-19-27(24(18-25(28)35-30(38)39)34-23-10-7-6-8-11-23)36-14-16-37(17-15-36)29-26(20-31)32-12-13-33-29/h6-8,10-13,18-19,22,34H,3-5,9,14-17,21H2,1-2H3,(H,35,39)/t22-/m0/s1. The van der Waals surface area contributed by atoms with Gasteiger partial charge in [0.25, 0.3) is 0 Å². The van der Waals surface area contributed by atoms with E-state index in [-0.39, 0.29) is 5.69 Å². The maximum atomic E-state index is 13.1. The Kier molecular flexibility index (Phi) is 8.11. The van der Waals surface area contributed by atoms with Crippen molar-refractivity contribution in [3.8, 4) is 6.07 Å². The molecule has 1 saturated heterocycles. The Balaban J connectivity index is 1.48. The van der Waals surface area contributed by atoms with Crippen molar-refractivity contribution in [3.05, 3.63) is 71.0 Å². The van der Waals surface area contributed by atoms with Crippen molar-refractivity contribution >= 4 is 33.9 Å². The summed E-state index contributed by atoms with van der Waals surface area (Å²) in [6, 6.07) is 16.5. The van der Waals surface area contributed by atoms with E-state index in [1.165, 1.54) is 6.42 Å². The van der Waals surface area contributed by atoms with Crippen LogP contribution in [-0.2, 0) is 6.54 Å². The topological polar surface area (TPSA) is 106 Å². The van der Waals surface area contributed by atoms with Crippen molar-refractivity contribution in [1.29, 1.82) is 5.26 Å². The summed E-state index contributed by atoms with van der Waals surface area (Å²) in [6.07, 6.45) is 7.70. The molecule has 2 aromatic heterocycles. The minimum atomic E-state index is -0.0562. The molecule has 0 radical (unpaired) electrons. The number of rotatable bonds is 10. The first-order chi connectivity index (χ1) is 19.1. The number of nitriles is 1. The van der Waals surface area contributed by atoms with Gasteiger partial charge in [-0.25, -0.2) is 14.8 Å². The third-order valence-electron chi connectivity index (χ3n) is 7.63. The van der Waals surface area contributed by atoms with Gasteiger partial charge in [0, 0.05) is 50.8 Å². The normalized spacial score (nSPS) is 14.4. The molecule has 39 heavy (non-hydrogen) atoms. The number of hydrogen-bond acceptors (Lipinski definition) is 7. The van der Waals surface area contributed by atoms with Crippen LogP contribution in [0.1, 0.15) is 45.2 Å². The Morgan fingerprint density at radius 2 is 1.79 bits per heavy atom. The summed E-state index contributed by atoms with van der Waals surface area (Å²) >= 11 is 0. The fourth-order valence-corrected chi connectivity index (χ4v) is 5.39. The van der Waals surface area contributed by atoms with E-state index < -0.39 is 0 Å². The molecule has 0 aliphatic carbocycles. The van der Waals surface area contributed by atoms with Crippen molar-refractivity contribution in [3.63, 3.8) is 0 Å². The Morgan fingerprint density at radius 3 is 2.51 bits per heavy atom. The summed E-state index contributed by atoms with van der Waals surface area (Å²) in [6.45, 7) is 8.07. The van der Waals surface area contributed by atoms with Crippen LogP contribution in [0.15, 0.2) is 59.7 Å². The number of hydrogen-bond donors (Lipinski definition) is 2. The predicted octanol–water partition coefficient (Wildman–Crippen LogP) is 5.28. The summed E-state index contributed by atoms with van der Waals surface area (Å²) in [7, 11) is 0. The van der Waals surface area contributed by atoms with Gasteiger partial charge in [-0.2, -0.15) is 5.26 Å². The molecule has 0 saturated carbocycles. The van der Waals surface area contributed by atoms with E-state index in [0.717, 1.165) is 67.0 Å². The number of para-hydroxylation sites is 1. The Hall–Kier alpha value is -4.32. The zero-order chi connectivity index (χ0) is 27.2. The molecule has 2 N–H and O–H groups in total. The number of H-pyrrole nitrogens is 1. The molecule has 1 aliphatic heterocycles. The molecule has 202 valence electrons. The molecule has 9 nitrogen and oxygen atoms in total. The molecule has 2 aromatic carbocycles. The minimum Gasteiger partial charge on any atom is -0.366 e. The number of nitrogens with zero attached hydrogens (tertiary/aromatic N) is 6.